The Labute approximate surface area is 207 Å². The van der Waals surface area contributed by atoms with Gasteiger partial charge in [-0.2, -0.15) is 0 Å². The maximum atomic E-state index is 12.9. The second-order valence-electron chi connectivity index (χ2n) is 7.69. The number of ether oxygens (including phenoxy) is 2. The predicted octanol–water partition coefficient (Wildman–Crippen LogP) is 5.65. The molecule has 35 heavy (non-hydrogen) atoms. The average molecular weight is 489 g/mol. The van der Waals surface area contributed by atoms with E-state index in [9.17, 15) is 14.4 Å². The molecule has 7 nitrogen and oxygen atoms in total. The molecule has 1 heterocycles. The zero-order valence-corrected chi connectivity index (χ0v) is 20.1. The number of carbonyl (C=O) groups excluding carboxylic acids is 3. The molecule has 0 radical (unpaired) electrons. The number of rotatable bonds is 8. The first kappa shape index (κ1) is 24.1. The van der Waals surface area contributed by atoms with Gasteiger partial charge in [-0.3, -0.25) is 14.4 Å². The minimum atomic E-state index is -0.378. The van der Waals surface area contributed by atoms with E-state index in [2.05, 4.69) is 5.32 Å². The summed E-state index contributed by atoms with van der Waals surface area (Å²) in [6, 6.07) is 21.4. The van der Waals surface area contributed by atoms with Crippen molar-refractivity contribution in [2.45, 2.75) is 13.8 Å². The second kappa shape index (κ2) is 10.9. The number of hydrogen-bond donors (Lipinski definition) is 1. The van der Waals surface area contributed by atoms with Crippen LogP contribution in [0.5, 0.6) is 11.5 Å². The van der Waals surface area contributed by atoms with Crippen molar-refractivity contribution < 1.29 is 23.9 Å². The molecule has 3 amide bonds. The molecule has 0 saturated carbocycles. The number of aryl methyl sites for hydroxylation is 1. The highest BCUT2D eigenvalue weighted by Crippen LogP contribution is 2.37. The lowest BCUT2D eigenvalue weighted by molar-refractivity contribution is -0.118. The van der Waals surface area contributed by atoms with Crippen LogP contribution in [0.15, 0.2) is 77.7 Å². The summed E-state index contributed by atoms with van der Waals surface area (Å²) >= 11 is 0.884. The lowest BCUT2D eigenvalue weighted by atomic mass is 10.1. The highest BCUT2D eigenvalue weighted by atomic mass is 32.2. The molecule has 1 aliphatic rings. The predicted molar refractivity (Wildman–Crippen MR) is 138 cm³/mol. The zero-order valence-electron chi connectivity index (χ0n) is 19.3. The third-order valence-electron chi connectivity index (χ3n) is 5.07. The van der Waals surface area contributed by atoms with Crippen molar-refractivity contribution in [2.75, 3.05) is 23.4 Å². The molecule has 0 aromatic heterocycles. The Bertz CT molecular complexity index is 1270. The molecule has 3 aromatic rings. The van der Waals surface area contributed by atoms with E-state index in [1.54, 1.807) is 48.5 Å². The Morgan fingerprint density at radius 3 is 2.43 bits per heavy atom. The van der Waals surface area contributed by atoms with Crippen LogP contribution < -0.4 is 19.7 Å². The van der Waals surface area contributed by atoms with Crippen molar-refractivity contribution in [2.24, 2.45) is 0 Å². The van der Waals surface area contributed by atoms with Crippen LogP contribution in [0, 0.1) is 6.92 Å². The van der Waals surface area contributed by atoms with Crippen molar-refractivity contribution in [3.63, 3.8) is 0 Å². The molecule has 0 aliphatic carbocycles. The van der Waals surface area contributed by atoms with Gasteiger partial charge < -0.3 is 14.8 Å². The Kier molecular flexibility index (Phi) is 7.52. The van der Waals surface area contributed by atoms with Gasteiger partial charge in [0.25, 0.3) is 17.1 Å². The molecule has 0 unspecified atom stereocenters. The SMILES string of the molecule is CCOc1cc(/C=C2/SC(=O)N(c3ccccc3)C2=O)ccc1OCC(=O)Nc1ccc(C)cc1. The van der Waals surface area contributed by atoms with Crippen molar-refractivity contribution in [1.29, 1.82) is 0 Å². The number of imide groups is 1. The molecule has 1 saturated heterocycles. The molecular weight excluding hydrogens is 464 g/mol. The molecule has 4 rings (SSSR count). The number of nitrogens with zero attached hydrogens (tertiary/aromatic N) is 1. The number of carbonyl (C=O) groups is 3. The number of benzene rings is 3. The number of para-hydroxylation sites is 1. The van der Waals surface area contributed by atoms with Gasteiger partial charge in [-0.1, -0.05) is 42.0 Å². The van der Waals surface area contributed by atoms with Crippen molar-refractivity contribution in [1.82, 2.24) is 0 Å². The smallest absolute Gasteiger partial charge is 0.298 e. The molecule has 0 spiro atoms. The van der Waals surface area contributed by atoms with E-state index in [1.807, 2.05) is 44.2 Å². The maximum Gasteiger partial charge on any atom is 0.298 e. The lowest BCUT2D eigenvalue weighted by Crippen LogP contribution is -2.27. The van der Waals surface area contributed by atoms with E-state index in [0.717, 1.165) is 22.2 Å². The second-order valence-corrected chi connectivity index (χ2v) is 8.69. The van der Waals surface area contributed by atoms with Crippen LogP contribution in [0.4, 0.5) is 16.2 Å². The number of thioether (sulfide) groups is 1. The van der Waals surface area contributed by atoms with E-state index >= 15 is 0 Å². The standard InChI is InChI=1S/C27H24N2O5S/c1-3-33-23-15-19(16-24-26(31)29(27(32)35-24)21-7-5-4-6-8-21)11-14-22(23)34-17-25(30)28-20-12-9-18(2)10-13-20/h4-16H,3,17H2,1-2H3,(H,28,30)/b24-16+. The van der Waals surface area contributed by atoms with Gasteiger partial charge in [0.1, 0.15) is 0 Å². The zero-order chi connectivity index (χ0) is 24.8. The summed E-state index contributed by atoms with van der Waals surface area (Å²) < 4.78 is 11.4. The van der Waals surface area contributed by atoms with Crippen LogP contribution in [0.3, 0.4) is 0 Å². The first-order valence-electron chi connectivity index (χ1n) is 11.0. The van der Waals surface area contributed by atoms with Gasteiger partial charge in [-0.05, 0) is 73.6 Å². The van der Waals surface area contributed by atoms with E-state index in [1.165, 1.54) is 0 Å². The van der Waals surface area contributed by atoms with Crippen LogP contribution in [0.1, 0.15) is 18.1 Å². The number of hydrogen-bond acceptors (Lipinski definition) is 6. The fraction of sp³-hybridized carbons (Fsp3) is 0.148. The minimum absolute atomic E-state index is 0.191. The molecule has 3 aromatic carbocycles. The monoisotopic (exact) mass is 488 g/mol. The highest BCUT2D eigenvalue weighted by molar-refractivity contribution is 8.19. The average Bonchev–Trinajstić information content (AvgIpc) is 3.13. The summed E-state index contributed by atoms with van der Waals surface area (Å²) in [5.41, 5.74) is 2.99. The van der Waals surface area contributed by atoms with E-state index < -0.39 is 0 Å². The molecule has 1 N–H and O–H groups in total. The molecule has 0 bridgehead atoms. The first-order valence-corrected chi connectivity index (χ1v) is 11.9. The third kappa shape index (κ3) is 5.91. The summed E-state index contributed by atoms with van der Waals surface area (Å²) in [4.78, 5) is 39.1. The molecule has 0 atom stereocenters. The molecule has 1 fully saturated rings. The van der Waals surface area contributed by atoms with Crippen molar-refractivity contribution >= 4 is 46.3 Å². The van der Waals surface area contributed by atoms with Crippen LogP contribution in [-0.2, 0) is 9.59 Å². The molecule has 1 aliphatic heterocycles. The third-order valence-corrected chi connectivity index (χ3v) is 5.94. The van der Waals surface area contributed by atoms with Gasteiger partial charge in [-0.25, -0.2) is 4.90 Å². The van der Waals surface area contributed by atoms with Gasteiger partial charge in [0, 0.05) is 5.69 Å². The van der Waals surface area contributed by atoms with Crippen LogP contribution >= 0.6 is 11.8 Å². The van der Waals surface area contributed by atoms with Crippen LogP contribution in [0.2, 0.25) is 0 Å². The largest absolute Gasteiger partial charge is 0.490 e. The Morgan fingerprint density at radius 2 is 1.71 bits per heavy atom. The quantitative estimate of drug-likeness (QED) is 0.412. The number of nitrogens with one attached hydrogen (secondary N) is 1. The molecule has 8 heteroatoms. The van der Waals surface area contributed by atoms with Gasteiger partial charge in [0.05, 0.1) is 17.2 Å². The van der Waals surface area contributed by atoms with Crippen molar-refractivity contribution in [3.8, 4) is 11.5 Å². The van der Waals surface area contributed by atoms with Crippen LogP contribution in [-0.4, -0.2) is 30.3 Å². The normalized spacial score (nSPS) is 14.3. The van der Waals surface area contributed by atoms with E-state index in [0.29, 0.717) is 39.9 Å². The first-order chi connectivity index (χ1) is 16.9. The van der Waals surface area contributed by atoms with Gasteiger partial charge in [-0.15, -0.1) is 0 Å². The van der Waals surface area contributed by atoms with Gasteiger partial charge >= 0.3 is 0 Å². The summed E-state index contributed by atoms with van der Waals surface area (Å²) in [6.45, 7) is 4.01. The lowest BCUT2D eigenvalue weighted by Gasteiger charge is -2.13. The Balaban J connectivity index is 1.46. The summed E-state index contributed by atoms with van der Waals surface area (Å²) in [5, 5.41) is 2.44. The number of amides is 3. The van der Waals surface area contributed by atoms with Crippen molar-refractivity contribution in [3.05, 3.63) is 88.8 Å². The topological polar surface area (TPSA) is 84.9 Å². The maximum absolute atomic E-state index is 12.9. The fourth-order valence-electron chi connectivity index (χ4n) is 3.40. The van der Waals surface area contributed by atoms with Gasteiger partial charge in [0.2, 0.25) is 0 Å². The number of anilines is 2. The highest BCUT2D eigenvalue weighted by Gasteiger charge is 2.36. The molecule has 178 valence electrons. The summed E-state index contributed by atoms with van der Waals surface area (Å²) in [7, 11) is 0. The van der Waals surface area contributed by atoms with E-state index in [4.69, 9.17) is 9.47 Å². The Hall–Kier alpha value is -4.04. The molecular formula is C27H24N2O5S. The summed E-state index contributed by atoms with van der Waals surface area (Å²) in [6.07, 6.45) is 1.64. The Morgan fingerprint density at radius 1 is 0.971 bits per heavy atom. The minimum Gasteiger partial charge on any atom is -0.490 e. The van der Waals surface area contributed by atoms with E-state index in [-0.39, 0.29) is 23.7 Å². The fourth-order valence-corrected chi connectivity index (χ4v) is 4.24. The van der Waals surface area contributed by atoms with Crippen LogP contribution in [0.25, 0.3) is 6.08 Å². The summed E-state index contributed by atoms with van der Waals surface area (Å²) in [5.74, 6) is 0.166. The van der Waals surface area contributed by atoms with Gasteiger partial charge in [0.15, 0.2) is 18.1 Å².